The molecule has 0 bridgehead atoms. The van der Waals surface area contributed by atoms with E-state index in [9.17, 15) is 4.39 Å². The van der Waals surface area contributed by atoms with E-state index in [0.29, 0.717) is 40.7 Å². The molecule has 3 heterocycles. The zero-order chi connectivity index (χ0) is 27.0. The van der Waals surface area contributed by atoms with E-state index in [2.05, 4.69) is 39.2 Å². The topological polar surface area (TPSA) is 47.5 Å². The molecule has 2 aliphatic rings. The number of fused-ring (bicyclic) bond motifs is 1. The summed E-state index contributed by atoms with van der Waals surface area (Å²) in [4.78, 5) is 14.6. The predicted octanol–water partition coefficient (Wildman–Crippen LogP) is 6.12. The normalized spacial score (nSPS) is 15.9. The zero-order valence-corrected chi connectivity index (χ0v) is 22.2. The molecule has 0 unspecified atom stereocenters. The number of allylic oxidation sites excluding steroid dienone is 1. The summed E-state index contributed by atoms with van der Waals surface area (Å²) >= 11 is 0. The number of piperidine rings is 1. The maximum Gasteiger partial charge on any atom is 0.227 e. The summed E-state index contributed by atoms with van der Waals surface area (Å²) in [6, 6.07) is 8.56. The van der Waals surface area contributed by atoms with Crippen LogP contribution in [0, 0.1) is 17.5 Å². The molecule has 1 N–H and O–H groups in total. The summed E-state index contributed by atoms with van der Waals surface area (Å²) in [6.07, 6.45) is 7.30. The number of anilines is 4. The van der Waals surface area contributed by atoms with Gasteiger partial charge in [0.1, 0.15) is 17.3 Å². The number of hydrogen-bond donors (Lipinski definition) is 1. The monoisotopic (exact) mass is 522 g/mol. The molecule has 0 radical (unpaired) electrons. The minimum atomic E-state index is -0.667. The average molecular weight is 523 g/mol. The highest BCUT2D eigenvalue weighted by molar-refractivity contribution is 5.72. The van der Waals surface area contributed by atoms with Crippen LogP contribution in [0.2, 0.25) is 0 Å². The molecule has 9 heteroatoms. The van der Waals surface area contributed by atoms with Gasteiger partial charge in [-0.1, -0.05) is 6.08 Å². The Morgan fingerprint density at radius 1 is 0.974 bits per heavy atom. The van der Waals surface area contributed by atoms with Gasteiger partial charge in [-0.05, 0) is 77.5 Å². The first-order chi connectivity index (χ1) is 18.2. The van der Waals surface area contributed by atoms with Gasteiger partial charge in [0, 0.05) is 53.9 Å². The molecule has 1 saturated heterocycles. The van der Waals surface area contributed by atoms with Crippen LogP contribution in [0.1, 0.15) is 32.3 Å². The van der Waals surface area contributed by atoms with Crippen LogP contribution in [0.5, 0.6) is 0 Å². The van der Waals surface area contributed by atoms with Crippen molar-refractivity contribution >= 4 is 23.0 Å². The van der Waals surface area contributed by atoms with Crippen molar-refractivity contribution in [1.82, 2.24) is 14.9 Å². The second-order valence-electron chi connectivity index (χ2n) is 10.4. The van der Waals surface area contributed by atoms with Crippen molar-refractivity contribution in [3.63, 3.8) is 0 Å². The summed E-state index contributed by atoms with van der Waals surface area (Å²) in [5.74, 6) is -1.33. The molecule has 0 aliphatic carbocycles. The molecule has 200 valence electrons. The van der Waals surface area contributed by atoms with Gasteiger partial charge < -0.3 is 20.0 Å². The van der Waals surface area contributed by atoms with E-state index in [1.54, 1.807) is 18.2 Å². The van der Waals surface area contributed by atoms with Gasteiger partial charge in [-0.3, -0.25) is 0 Å². The third kappa shape index (κ3) is 5.20. The quantitative estimate of drug-likeness (QED) is 0.421. The molecule has 3 aromatic rings. The summed E-state index contributed by atoms with van der Waals surface area (Å²) < 4.78 is 44.9. The number of benzene rings is 2. The van der Waals surface area contributed by atoms with Crippen molar-refractivity contribution in [2.24, 2.45) is 0 Å². The van der Waals surface area contributed by atoms with Gasteiger partial charge in [-0.25, -0.2) is 23.1 Å². The van der Waals surface area contributed by atoms with Crippen LogP contribution in [0.25, 0.3) is 11.3 Å². The highest BCUT2D eigenvalue weighted by Gasteiger charge is 2.24. The van der Waals surface area contributed by atoms with E-state index < -0.39 is 11.6 Å². The molecular formula is C29H33F3N6. The first-order valence-corrected chi connectivity index (χ1v) is 13.0. The third-order valence-corrected chi connectivity index (χ3v) is 7.35. The van der Waals surface area contributed by atoms with Crippen LogP contribution < -0.4 is 15.1 Å². The second-order valence-corrected chi connectivity index (χ2v) is 10.4. The van der Waals surface area contributed by atoms with Crippen LogP contribution in [-0.2, 0) is 6.42 Å². The van der Waals surface area contributed by atoms with Crippen molar-refractivity contribution in [2.45, 2.75) is 45.2 Å². The minimum absolute atomic E-state index is 0.0247. The van der Waals surface area contributed by atoms with E-state index in [4.69, 9.17) is 0 Å². The molecule has 2 aliphatic heterocycles. The molecule has 1 aromatic heterocycles. The number of halogens is 3. The van der Waals surface area contributed by atoms with Crippen molar-refractivity contribution in [2.75, 3.05) is 42.3 Å². The number of aromatic nitrogens is 2. The Morgan fingerprint density at radius 2 is 1.74 bits per heavy atom. The highest BCUT2D eigenvalue weighted by Crippen LogP contribution is 2.35. The summed E-state index contributed by atoms with van der Waals surface area (Å²) in [7, 11) is 4.15. The van der Waals surface area contributed by atoms with Gasteiger partial charge >= 0.3 is 0 Å². The number of nitrogens with zero attached hydrogens (tertiary/aromatic N) is 5. The molecule has 6 nitrogen and oxygen atoms in total. The molecular weight excluding hydrogens is 489 g/mol. The predicted molar refractivity (Wildman–Crippen MR) is 146 cm³/mol. The SMILES string of the molecule is CC(C)N1C=CCc2c(F)cc(-c3nc(Nc4ccc(N5CCC(N(C)C)CC5)c(F)c4)ncc3F)cc21. The van der Waals surface area contributed by atoms with Gasteiger partial charge in [0.2, 0.25) is 5.95 Å². The molecule has 2 aromatic carbocycles. The summed E-state index contributed by atoms with van der Waals surface area (Å²) in [5, 5.41) is 2.97. The molecule has 0 spiro atoms. The second kappa shape index (κ2) is 10.6. The van der Waals surface area contributed by atoms with Gasteiger partial charge in [-0.2, -0.15) is 0 Å². The molecule has 0 atom stereocenters. The van der Waals surface area contributed by atoms with Crippen molar-refractivity contribution in [3.8, 4) is 11.3 Å². The lowest BCUT2D eigenvalue weighted by Gasteiger charge is -2.36. The molecule has 38 heavy (non-hydrogen) atoms. The highest BCUT2D eigenvalue weighted by atomic mass is 19.1. The number of rotatable bonds is 6. The maximum atomic E-state index is 15.1. The lowest BCUT2D eigenvalue weighted by molar-refractivity contribution is 0.249. The number of nitrogens with one attached hydrogen (secondary N) is 1. The molecule has 0 saturated carbocycles. The van der Waals surface area contributed by atoms with E-state index in [1.807, 2.05) is 31.0 Å². The van der Waals surface area contributed by atoms with E-state index in [1.165, 1.54) is 12.1 Å². The minimum Gasteiger partial charge on any atom is -0.369 e. The average Bonchev–Trinajstić information content (AvgIpc) is 2.89. The third-order valence-electron chi connectivity index (χ3n) is 7.35. The summed E-state index contributed by atoms with van der Waals surface area (Å²) in [6.45, 7) is 5.59. The van der Waals surface area contributed by atoms with Gasteiger partial charge in [0.15, 0.2) is 5.82 Å². The standard InChI is InChI=1S/C29H33F3N6/c1-18(2)38-11-5-6-22-23(30)14-19(15-27(22)38)28-25(32)17-33-29(35-28)34-20-7-8-26(24(31)16-20)37-12-9-21(10-13-37)36(3)4/h5,7-8,11,14-18,21H,6,9-10,12-13H2,1-4H3,(H,33,34,35). The smallest absolute Gasteiger partial charge is 0.227 e. The van der Waals surface area contributed by atoms with E-state index >= 15 is 8.78 Å². The lowest BCUT2D eigenvalue weighted by atomic mass is 9.99. The summed E-state index contributed by atoms with van der Waals surface area (Å²) in [5.41, 5.74) is 2.55. The Balaban J connectivity index is 1.38. The lowest BCUT2D eigenvalue weighted by Crippen LogP contribution is -2.42. The Morgan fingerprint density at radius 3 is 2.42 bits per heavy atom. The Hall–Kier alpha value is -3.59. The fourth-order valence-electron chi connectivity index (χ4n) is 5.23. The molecule has 1 fully saturated rings. The Bertz CT molecular complexity index is 1350. The first kappa shape index (κ1) is 26.0. The van der Waals surface area contributed by atoms with Crippen molar-refractivity contribution < 1.29 is 13.2 Å². The van der Waals surface area contributed by atoms with Crippen LogP contribution in [0.15, 0.2) is 48.8 Å². The largest absolute Gasteiger partial charge is 0.369 e. The van der Waals surface area contributed by atoms with Crippen molar-refractivity contribution in [1.29, 1.82) is 0 Å². The van der Waals surface area contributed by atoms with Crippen molar-refractivity contribution in [3.05, 3.63) is 71.8 Å². The Labute approximate surface area is 221 Å². The van der Waals surface area contributed by atoms with Crippen LogP contribution >= 0.6 is 0 Å². The van der Waals surface area contributed by atoms with Crippen LogP contribution in [-0.4, -0.2) is 54.1 Å². The number of hydrogen-bond acceptors (Lipinski definition) is 6. The molecule has 0 amide bonds. The maximum absolute atomic E-state index is 15.1. The van der Waals surface area contributed by atoms with Gasteiger partial charge in [0.25, 0.3) is 0 Å². The molecule has 5 rings (SSSR count). The first-order valence-electron chi connectivity index (χ1n) is 13.0. The fourth-order valence-corrected chi connectivity index (χ4v) is 5.23. The van der Waals surface area contributed by atoms with Crippen LogP contribution in [0.3, 0.4) is 0 Å². The Kier molecular flexibility index (Phi) is 7.29. The van der Waals surface area contributed by atoms with Gasteiger partial charge in [-0.15, -0.1) is 0 Å². The van der Waals surface area contributed by atoms with Crippen LogP contribution in [0.4, 0.5) is 36.2 Å². The fraction of sp³-hybridized carbons (Fsp3) is 0.379. The zero-order valence-electron chi connectivity index (χ0n) is 22.2. The van der Waals surface area contributed by atoms with E-state index in [-0.39, 0.29) is 23.5 Å². The van der Waals surface area contributed by atoms with Gasteiger partial charge in [0.05, 0.1) is 11.9 Å². The van der Waals surface area contributed by atoms with E-state index in [0.717, 1.165) is 32.1 Å².